The molecule has 0 aliphatic heterocycles. The monoisotopic (exact) mass is 314 g/mol. The molecule has 0 bridgehead atoms. The van der Waals surface area contributed by atoms with E-state index >= 15 is 0 Å². The highest BCUT2D eigenvalue weighted by molar-refractivity contribution is 6.30. The van der Waals surface area contributed by atoms with Crippen LogP contribution in [-0.4, -0.2) is 22.1 Å². The van der Waals surface area contributed by atoms with Crippen LogP contribution in [0.1, 0.15) is 23.1 Å². The van der Waals surface area contributed by atoms with Crippen LogP contribution < -0.4 is 0 Å². The van der Waals surface area contributed by atoms with Crippen LogP contribution in [0.25, 0.3) is 16.7 Å². The summed E-state index contributed by atoms with van der Waals surface area (Å²) in [6, 6.07) is 13.2. The van der Waals surface area contributed by atoms with E-state index < -0.39 is 5.97 Å². The number of hydrogen-bond donors (Lipinski definition) is 0. The largest absolute Gasteiger partial charge is 0.460 e. The molecule has 0 saturated carbocycles. The van der Waals surface area contributed by atoms with Gasteiger partial charge in [-0.15, -0.1) is 0 Å². The zero-order chi connectivity index (χ0) is 15.7. The number of benzene rings is 2. The lowest BCUT2D eigenvalue weighted by atomic mass is 10.2. The van der Waals surface area contributed by atoms with Crippen LogP contribution >= 0.6 is 11.6 Å². The Labute approximate surface area is 133 Å². The number of rotatable bonds is 3. The summed E-state index contributed by atoms with van der Waals surface area (Å²) in [6.07, 6.45) is 0. The molecule has 0 amide bonds. The Morgan fingerprint density at radius 1 is 1.27 bits per heavy atom. The van der Waals surface area contributed by atoms with Crippen molar-refractivity contribution in [2.75, 3.05) is 6.61 Å². The highest BCUT2D eigenvalue weighted by atomic mass is 35.5. The first-order chi connectivity index (χ1) is 10.6. The van der Waals surface area contributed by atoms with Crippen molar-refractivity contribution in [1.82, 2.24) is 9.55 Å². The van der Waals surface area contributed by atoms with Crippen molar-refractivity contribution in [2.24, 2.45) is 0 Å². The van der Waals surface area contributed by atoms with E-state index in [0.29, 0.717) is 11.6 Å². The summed E-state index contributed by atoms with van der Waals surface area (Å²) < 4.78 is 6.90. The van der Waals surface area contributed by atoms with Crippen molar-refractivity contribution in [3.05, 3.63) is 58.9 Å². The van der Waals surface area contributed by atoms with Crippen molar-refractivity contribution >= 4 is 28.6 Å². The third-order valence-electron chi connectivity index (χ3n) is 3.33. The van der Waals surface area contributed by atoms with Crippen LogP contribution in [0, 0.1) is 6.92 Å². The molecule has 0 spiro atoms. The molecular formula is C17H15ClN2O2. The maximum absolute atomic E-state index is 12.2. The molecule has 0 aliphatic rings. The molecule has 1 heterocycles. The smallest absolute Gasteiger partial charge is 0.374 e. The van der Waals surface area contributed by atoms with Gasteiger partial charge in [-0.3, -0.25) is 4.57 Å². The number of aromatic nitrogens is 2. The number of carbonyl (C=O) groups excluding carboxylic acids is 1. The summed E-state index contributed by atoms with van der Waals surface area (Å²) in [5.74, 6) is -0.193. The lowest BCUT2D eigenvalue weighted by Crippen LogP contribution is -2.12. The zero-order valence-corrected chi connectivity index (χ0v) is 13.1. The van der Waals surface area contributed by atoms with Crippen molar-refractivity contribution in [2.45, 2.75) is 13.8 Å². The summed E-state index contributed by atoms with van der Waals surface area (Å²) >= 11 is 6.08. The van der Waals surface area contributed by atoms with Gasteiger partial charge >= 0.3 is 5.97 Å². The molecule has 2 aromatic carbocycles. The molecule has 0 N–H and O–H groups in total. The van der Waals surface area contributed by atoms with E-state index in [1.54, 1.807) is 23.6 Å². The fourth-order valence-corrected chi connectivity index (χ4v) is 2.58. The molecule has 0 atom stereocenters. The molecule has 22 heavy (non-hydrogen) atoms. The number of aryl methyl sites for hydroxylation is 1. The number of imidazole rings is 1. The van der Waals surface area contributed by atoms with Crippen molar-refractivity contribution in [1.29, 1.82) is 0 Å². The summed E-state index contributed by atoms with van der Waals surface area (Å²) in [5, 5.41) is 0.598. The van der Waals surface area contributed by atoms with Gasteiger partial charge in [0.15, 0.2) is 0 Å². The second-order valence-corrected chi connectivity index (χ2v) is 5.40. The minimum absolute atomic E-state index is 0.254. The molecule has 0 radical (unpaired) electrons. The Hall–Kier alpha value is -2.33. The van der Waals surface area contributed by atoms with E-state index in [0.717, 1.165) is 22.3 Å². The molecule has 0 saturated heterocycles. The quantitative estimate of drug-likeness (QED) is 0.682. The van der Waals surface area contributed by atoms with Gasteiger partial charge in [-0.1, -0.05) is 23.7 Å². The van der Waals surface area contributed by atoms with Gasteiger partial charge in [-0.05, 0) is 49.7 Å². The van der Waals surface area contributed by atoms with E-state index in [9.17, 15) is 4.79 Å². The van der Waals surface area contributed by atoms with E-state index in [1.165, 1.54) is 0 Å². The Morgan fingerprint density at radius 2 is 2.09 bits per heavy atom. The molecule has 0 unspecified atom stereocenters. The van der Waals surface area contributed by atoms with Gasteiger partial charge in [-0.25, -0.2) is 9.78 Å². The van der Waals surface area contributed by atoms with Gasteiger partial charge in [0.25, 0.3) is 0 Å². The molecule has 0 aliphatic carbocycles. The summed E-state index contributed by atoms with van der Waals surface area (Å²) in [6.45, 7) is 4.06. The molecule has 1 aromatic heterocycles. The van der Waals surface area contributed by atoms with Crippen LogP contribution in [0.3, 0.4) is 0 Å². The fraction of sp³-hybridized carbons (Fsp3) is 0.176. The maximum atomic E-state index is 12.2. The Balaban J connectivity index is 2.29. The second kappa shape index (κ2) is 5.81. The number of nitrogens with zero attached hydrogens (tertiary/aromatic N) is 2. The summed E-state index contributed by atoms with van der Waals surface area (Å²) in [4.78, 5) is 16.7. The maximum Gasteiger partial charge on any atom is 0.374 e. The first-order valence-electron chi connectivity index (χ1n) is 7.02. The number of halogens is 1. The minimum atomic E-state index is -0.448. The van der Waals surface area contributed by atoms with E-state index in [1.807, 2.05) is 37.3 Å². The van der Waals surface area contributed by atoms with Gasteiger partial charge in [0.05, 0.1) is 17.6 Å². The lowest BCUT2D eigenvalue weighted by Gasteiger charge is -2.09. The normalized spacial score (nSPS) is 10.9. The fourth-order valence-electron chi connectivity index (χ4n) is 2.40. The van der Waals surface area contributed by atoms with Gasteiger partial charge < -0.3 is 4.74 Å². The van der Waals surface area contributed by atoms with Gasteiger partial charge in [0, 0.05) is 10.7 Å². The predicted octanol–water partition coefficient (Wildman–Crippen LogP) is 4.16. The molecule has 3 aromatic rings. The van der Waals surface area contributed by atoms with E-state index in [2.05, 4.69) is 4.98 Å². The summed E-state index contributed by atoms with van der Waals surface area (Å²) in [5.41, 5.74) is 3.46. The van der Waals surface area contributed by atoms with Crippen LogP contribution in [0.5, 0.6) is 0 Å². The summed E-state index contributed by atoms with van der Waals surface area (Å²) in [7, 11) is 0. The number of esters is 1. The van der Waals surface area contributed by atoms with Crippen LogP contribution in [0.2, 0.25) is 5.02 Å². The molecule has 4 nitrogen and oxygen atoms in total. The van der Waals surface area contributed by atoms with Crippen molar-refractivity contribution in [3.63, 3.8) is 0 Å². The Morgan fingerprint density at radius 3 is 2.82 bits per heavy atom. The van der Waals surface area contributed by atoms with Crippen LogP contribution in [-0.2, 0) is 4.74 Å². The average Bonchev–Trinajstić information content (AvgIpc) is 2.86. The number of fused-ring (bicyclic) bond motifs is 1. The van der Waals surface area contributed by atoms with E-state index in [-0.39, 0.29) is 5.82 Å². The van der Waals surface area contributed by atoms with E-state index in [4.69, 9.17) is 16.3 Å². The standard InChI is InChI=1S/C17H15ClN2O2/c1-3-22-17(21)16-19-14-9-11(2)7-8-15(14)20(16)13-6-4-5-12(18)10-13/h4-10H,3H2,1-2H3. The third kappa shape index (κ3) is 2.57. The first kappa shape index (κ1) is 14.6. The minimum Gasteiger partial charge on any atom is -0.460 e. The van der Waals surface area contributed by atoms with Crippen molar-refractivity contribution in [3.8, 4) is 5.69 Å². The molecule has 3 rings (SSSR count). The SMILES string of the molecule is CCOC(=O)c1nc2cc(C)ccc2n1-c1cccc(Cl)c1. The molecule has 112 valence electrons. The Bertz CT molecular complexity index is 855. The highest BCUT2D eigenvalue weighted by Crippen LogP contribution is 2.24. The van der Waals surface area contributed by atoms with Crippen LogP contribution in [0.15, 0.2) is 42.5 Å². The third-order valence-corrected chi connectivity index (χ3v) is 3.57. The predicted molar refractivity (Wildman–Crippen MR) is 86.8 cm³/mol. The first-order valence-corrected chi connectivity index (χ1v) is 7.40. The Kier molecular flexibility index (Phi) is 3.86. The van der Waals surface area contributed by atoms with Gasteiger partial charge in [0.2, 0.25) is 5.82 Å². The molecule has 5 heteroatoms. The highest BCUT2D eigenvalue weighted by Gasteiger charge is 2.20. The molecule has 0 fully saturated rings. The average molecular weight is 315 g/mol. The lowest BCUT2D eigenvalue weighted by molar-refractivity contribution is 0.0510. The number of ether oxygens (including phenoxy) is 1. The second-order valence-electron chi connectivity index (χ2n) is 4.96. The zero-order valence-electron chi connectivity index (χ0n) is 12.3. The molecular weight excluding hydrogens is 300 g/mol. The van der Waals surface area contributed by atoms with Gasteiger partial charge in [0.1, 0.15) is 0 Å². The topological polar surface area (TPSA) is 44.1 Å². The van der Waals surface area contributed by atoms with Gasteiger partial charge in [-0.2, -0.15) is 0 Å². The number of carbonyl (C=O) groups is 1. The van der Waals surface area contributed by atoms with Crippen LogP contribution in [0.4, 0.5) is 0 Å². The number of hydrogen-bond acceptors (Lipinski definition) is 3. The van der Waals surface area contributed by atoms with Crippen molar-refractivity contribution < 1.29 is 9.53 Å².